The van der Waals surface area contributed by atoms with Gasteiger partial charge >= 0.3 is 5.97 Å². The number of carbonyl (C=O) groups is 2. The maximum absolute atomic E-state index is 13.9. The van der Waals surface area contributed by atoms with Crippen LogP contribution in [0.25, 0.3) is 6.08 Å². The maximum Gasteiger partial charge on any atom is 0.346 e. The van der Waals surface area contributed by atoms with Gasteiger partial charge in [-0.2, -0.15) is 5.26 Å². The molecule has 0 radical (unpaired) electrons. The van der Waals surface area contributed by atoms with Crippen molar-refractivity contribution in [2.75, 3.05) is 18.6 Å². The summed E-state index contributed by atoms with van der Waals surface area (Å²) >= 11 is 0. The Bertz CT molecular complexity index is 1310. The molecule has 0 unspecified atom stereocenters. The predicted octanol–water partition coefficient (Wildman–Crippen LogP) is 4.55. The molecule has 0 saturated carbocycles. The highest BCUT2D eigenvalue weighted by Gasteiger charge is 2.26. The van der Waals surface area contributed by atoms with Crippen molar-refractivity contribution in [1.29, 1.82) is 5.26 Å². The molecule has 0 saturated heterocycles. The van der Waals surface area contributed by atoms with Gasteiger partial charge in [0.2, 0.25) is 0 Å². The number of ether oxygens (including phenoxy) is 2. The summed E-state index contributed by atoms with van der Waals surface area (Å²) in [6.45, 7) is 0.505. The molecule has 0 atom stereocenters. The number of hydrogen-bond acceptors (Lipinski definition) is 5. The third-order valence-corrected chi connectivity index (χ3v) is 5.28. The van der Waals surface area contributed by atoms with Crippen LogP contribution in [0.1, 0.15) is 21.5 Å². The Morgan fingerprint density at radius 2 is 1.82 bits per heavy atom. The lowest BCUT2D eigenvalue weighted by Gasteiger charge is -2.16. The van der Waals surface area contributed by atoms with Crippen LogP contribution >= 0.6 is 0 Å². The fraction of sp³-hybridized carbons (Fsp3) is 0.115. The molecule has 1 aliphatic rings. The van der Waals surface area contributed by atoms with Crippen LogP contribution in [0.15, 0.2) is 72.3 Å². The average Bonchev–Trinajstić information content (AvgIpc) is 3.27. The molecule has 0 N–H and O–H groups in total. The molecule has 0 spiro atoms. The van der Waals surface area contributed by atoms with Gasteiger partial charge in [0, 0.05) is 12.2 Å². The van der Waals surface area contributed by atoms with Gasteiger partial charge in [-0.05, 0) is 54.0 Å². The third kappa shape index (κ3) is 4.46. The van der Waals surface area contributed by atoms with Crippen LogP contribution < -0.4 is 14.4 Å². The number of nitrogens with zero attached hydrogens (tertiary/aromatic N) is 2. The largest absolute Gasteiger partial charge is 0.493 e. The lowest BCUT2D eigenvalue weighted by atomic mass is 10.1. The van der Waals surface area contributed by atoms with Gasteiger partial charge in [-0.3, -0.25) is 4.79 Å². The van der Waals surface area contributed by atoms with E-state index < -0.39 is 17.7 Å². The van der Waals surface area contributed by atoms with Crippen LogP contribution in [0.5, 0.6) is 11.5 Å². The minimum absolute atomic E-state index is 0.0372. The van der Waals surface area contributed by atoms with Gasteiger partial charge in [0.15, 0.2) is 11.5 Å². The predicted molar refractivity (Wildman–Crippen MR) is 120 cm³/mol. The van der Waals surface area contributed by atoms with Crippen molar-refractivity contribution in [1.82, 2.24) is 0 Å². The van der Waals surface area contributed by atoms with E-state index in [1.54, 1.807) is 11.0 Å². The van der Waals surface area contributed by atoms with Crippen molar-refractivity contribution >= 4 is 23.6 Å². The number of fused-ring (bicyclic) bond motifs is 1. The molecule has 0 bridgehead atoms. The zero-order valence-electron chi connectivity index (χ0n) is 17.7. The first-order valence-electron chi connectivity index (χ1n) is 10.2. The molecule has 164 valence electrons. The van der Waals surface area contributed by atoms with Gasteiger partial charge in [-0.1, -0.05) is 36.4 Å². The van der Waals surface area contributed by atoms with Crippen molar-refractivity contribution in [2.24, 2.45) is 0 Å². The molecule has 0 aromatic heterocycles. The zero-order valence-corrected chi connectivity index (χ0v) is 17.7. The van der Waals surface area contributed by atoms with Crippen LogP contribution in [0.3, 0.4) is 0 Å². The number of anilines is 1. The van der Waals surface area contributed by atoms with Gasteiger partial charge < -0.3 is 14.4 Å². The lowest BCUT2D eigenvalue weighted by molar-refractivity contribution is -0.114. The van der Waals surface area contributed by atoms with Crippen LogP contribution in [-0.4, -0.2) is 25.5 Å². The molecule has 1 heterocycles. The number of methoxy groups -OCH3 is 1. The van der Waals surface area contributed by atoms with E-state index in [1.165, 1.54) is 49.6 Å². The molecule has 1 amide bonds. The molecule has 4 rings (SSSR count). The number of esters is 1. The van der Waals surface area contributed by atoms with Gasteiger partial charge in [0.25, 0.3) is 5.91 Å². The van der Waals surface area contributed by atoms with Crippen LogP contribution in [0, 0.1) is 17.1 Å². The third-order valence-electron chi connectivity index (χ3n) is 5.28. The first-order valence-corrected chi connectivity index (χ1v) is 10.2. The van der Waals surface area contributed by atoms with Crippen molar-refractivity contribution in [3.8, 4) is 17.6 Å². The van der Waals surface area contributed by atoms with Gasteiger partial charge in [-0.15, -0.1) is 0 Å². The smallest absolute Gasteiger partial charge is 0.346 e. The SMILES string of the molecule is COc1cc(C=C(C#N)C(=O)N2CCc3ccccc32)ccc1OC(=O)c1ccccc1F. The van der Waals surface area contributed by atoms with Crippen LogP contribution in [-0.2, 0) is 11.2 Å². The highest BCUT2D eigenvalue weighted by atomic mass is 19.1. The minimum atomic E-state index is -0.865. The zero-order chi connectivity index (χ0) is 23.4. The Hall–Kier alpha value is -4.44. The number of amides is 1. The molecule has 3 aromatic carbocycles. The Morgan fingerprint density at radius 3 is 2.58 bits per heavy atom. The van der Waals surface area contributed by atoms with E-state index in [9.17, 15) is 19.2 Å². The molecule has 1 aliphatic heterocycles. The number of para-hydroxylation sites is 1. The van der Waals surface area contributed by atoms with Crippen molar-refractivity contribution < 1.29 is 23.5 Å². The lowest BCUT2D eigenvalue weighted by Crippen LogP contribution is -2.29. The number of nitriles is 1. The highest BCUT2D eigenvalue weighted by Crippen LogP contribution is 2.31. The fourth-order valence-corrected chi connectivity index (χ4v) is 3.64. The van der Waals surface area contributed by atoms with E-state index in [0.717, 1.165) is 17.7 Å². The quantitative estimate of drug-likeness (QED) is 0.251. The Kier molecular flexibility index (Phi) is 6.18. The van der Waals surface area contributed by atoms with E-state index in [-0.39, 0.29) is 22.6 Å². The number of halogens is 1. The Morgan fingerprint density at radius 1 is 1.06 bits per heavy atom. The van der Waals surface area contributed by atoms with Gasteiger partial charge in [0.05, 0.1) is 12.7 Å². The van der Waals surface area contributed by atoms with Gasteiger partial charge in [0.1, 0.15) is 17.5 Å². The van der Waals surface area contributed by atoms with Gasteiger partial charge in [-0.25, -0.2) is 9.18 Å². The second kappa shape index (κ2) is 9.37. The summed E-state index contributed by atoms with van der Waals surface area (Å²) in [7, 11) is 1.39. The van der Waals surface area contributed by atoms with E-state index in [2.05, 4.69) is 0 Å². The maximum atomic E-state index is 13.9. The van der Waals surface area contributed by atoms with E-state index in [1.807, 2.05) is 30.3 Å². The fourth-order valence-electron chi connectivity index (χ4n) is 3.64. The standard InChI is InChI=1S/C26H19FN2O4/c1-32-24-15-17(10-11-23(24)33-26(31)20-7-3-4-8-21(20)27)14-19(16-28)25(30)29-13-12-18-6-2-5-9-22(18)29/h2-11,14-15H,12-13H2,1H3. The van der Waals surface area contributed by atoms with E-state index in [0.29, 0.717) is 12.1 Å². The molecule has 6 nitrogen and oxygen atoms in total. The van der Waals surface area contributed by atoms with E-state index in [4.69, 9.17) is 9.47 Å². The van der Waals surface area contributed by atoms with E-state index >= 15 is 0 Å². The molecule has 0 fully saturated rings. The number of rotatable bonds is 5. The molecular weight excluding hydrogens is 423 g/mol. The van der Waals surface area contributed by atoms with Crippen LogP contribution in [0.4, 0.5) is 10.1 Å². The molecule has 7 heteroatoms. The second-order valence-corrected chi connectivity index (χ2v) is 7.28. The summed E-state index contributed by atoms with van der Waals surface area (Å²) in [6, 6.07) is 19.6. The molecule has 3 aromatic rings. The number of carbonyl (C=O) groups excluding carboxylic acids is 2. The molecular formula is C26H19FN2O4. The average molecular weight is 442 g/mol. The summed E-state index contributed by atoms with van der Waals surface area (Å²) < 4.78 is 24.5. The molecule has 0 aliphatic carbocycles. The molecule has 33 heavy (non-hydrogen) atoms. The monoisotopic (exact) mass is 442 g/mol. The second-order valence-electron chi connectivity index (χ2n) is 7.28. The summed E-state index contributed by atoms with van der Waals surface area (Å²) in [4.78, 5) is 26.9. The Balaban J connectivity index is 1.58. The summed E-state index contributed by atoms with van der Waals surface area (Å²) in [5, 5.41) is 9.62. The topological polar surface area (TPSA) is 79.6 Å². The number of hydrogen-bond donors (Lipinski definition) is 0. The minimum Gasteiger partial charge on any atom is -0.493 e. The first kappa shape index (κ1) is 21.8. The van der Waals surface area contributed by atoms with Crippen LogP contribution in [0.2, 0.25) is 0 Å². The Labute approximate surface area is 190 Å². The van der Waals surface area contributed by atoms with Crippen molar-refractivity contribution in [2.45, 2.75) is 6.42 Å². The summed E-state index contributed by atoms with van der Waals surface area (Å²) in [6.07, 6.45) is 2.19. The normalized spacial score (nSPS) is 12.6. The van der Waals surface area contributed by atoms with Crippen molar-refractivity contribution in [3.63, 3.8) is 0 Å². The highest BCUT2D eigenvalue weighted by molar-refractivity contribution is 6.12. The van der Waals surface area contributed by atoms with Crippen molar-refractivity contribution in [3.05, 3.63) is 94.8 Å². The summed E-state index contributed by atoms with van der Waals surface area (Å²) in [5.74, 6) is -1.67. The first-order chi connectivity index (χ1) is 16.0. The number of benzene rings is 3. The summed E-state index contributed by atoms with van der Waals surface area (Å²) in [5.41, 5.74) is 2.13.